The Hall–Kier alpha value is -0.600. The Morgan fingerprint density at radius 3 is 2.75 bits per heavy atom. The molecule has 0 aliphatic heterocycles. The summed E-state index contributed by atoms with van der Waals surface area (Å²) in [6, 6.07) is 6.00. The molecule has 2 rings (SSSR count). The molecule has 0 fully saturated rings. The van der Waals surface area contributed by atoms with E-state index in [1.807, 2.05) is 19.1 Å². The molecule has 1 heterocycles. The molecular weight excluding hydrogens is 286 g/mol. The van der Waals surface area contributed by atoms with E-state index < -0.39 is 0 Å². The fraction of sp³-hybridized carbons (Fsp3) is 0.308. The van der Waals surface area contributed by atoms with Crippen LogP contribution in [0.5, 0.6) is 0 Å². The quantitative estimate of drug-likeness (QED) is 0.767. The first-order valence-electron chi connectivity index (χ1n) is 5.37. The first-order chi connectivity index (χ1) is 7.61. The lowest BCUT2D eigenvalue weighted by Gasteiger charge is -2.07. The molecule has 1 nitrogen and oxygen atoms in total. The van der Waals surface area contributed by atoms with Gasteiger partial charge in [0.1, 0.15) is 0 Å². The van der Waals surface area contributed by atoms with Gasteiger partial charge in [0, 0.05) is 20.6 Å². The van der Waals surface area contributed by atoms with Gasteiger partial charge in [0.2, 0.25) is 0 Å². The van der Waals surface area contributed by atoms with Gasteiger partial charge < -0.3 is 0 Å². The van der Waals surface area contributed by atoms with Crippen LogP contribution in [0.3, 0.4) is 0 Å². The monoisotopic (exact) mass is 297 g/mol. The molecule has 0 atom stereocenters. The summed E-state index contributed by atoms with van der Waals surface area (Å²) in [7, 11) is 0. The Morgan fingerprint density at radius 2 is 2.06 bits per heavy atom. The Bertz CT molecular complexity index is 537. The third kappa shape index (κ3) is 2.23. The highest BCUT2D eigenvalue weighted by Crippen LogP contribution is 2.29. The van der Waals surface area contributed by atoms with Gasteiger partial charge in [-0.15, -0.1) is 0 Å². The van der Waals surface area contributed by atoms with E-state index in [4.69, 9.17) is 11.6 Å². The van der Waals surface area contributed by atoms with Gasteiger partial charge in [-0.3, -0.25) is 4.98 Å². The standard InChI is InChI=1S/C13H13BrClN/c1-3-4-10-7-12(14)11-6-9(15)5-8(2)13(11)16-10/h5-7H,3-4H2,1-2H3. The van der Waals surface area contributed by atoms with Crippen LogP contribution in [0, 0.1) is 6.92 Å². The van der Waals surface area contributed by atoms with Crippen molar-refractivity contribution in [3.63, 3.8) is 0 Å². The number of nitrogens with zero attached hydrogens (tertiary/aromatic N) is 1. The van der Waals surface area contributed by atoms with Crippen LogP contribution in [0.2, 0.25) is 5.02 Å². The Kier molecular flexibility index (Phi) is 3.50. The van der Waals surface area contributed by atoms with Gasteiger partial charge in [0.25, 0.3) is 0 Å². The van der Waals surface area contributed by atoms with E-state index >= 15 is 0 Å². The summed E-state index contributed by atoms with van der Waals surface area (Å²) < 4.78 is 1.08. The van der Waals surface area contributed by atoms with E-state index in [0.29, 0.717) is 0 Å². The molecule has 0 saturated heterocycles. The molecule has 16 heavy (non-hydrogen) atoms. The summed E-state index contributed by atoms with van der Waals surface area (Å²) in [5, 5.41) is 1.85. The SMILES string of the molecule is CCCc1cc(Br)c2cc(Cl)cc(C)c2n1. The maximum absolute atomic E-state index is 6.05. The third-order valence-corrected chi connectivity index (χ3v) is 3.45. The number of rotatable bonds is 2. The topological polar surface area (TPSA) is 12.9 Å². The zero-order chi connectivity index (χ0) is 11.7. The lowest BCUT2D eigenvalue weighted by molar-refractivity contribution is 0.888. The van der Waals surface area contributed by atoms with Gasteiger partial charge in [-0.05, 0) is 37.1 Å². The second-order valence-electron chi connectivity index (χ2n) is 3.96. The number of fused-ring (bicyclic) bond motifs is 1. The van der Waals surface area contributed by atoms with Gasteiger partial charge in [0.05, 0.1) is 5.52 Å². The fourth-order valence-electron chi connectivity index (χ4n) is 1.85. The maximum atomic E-state index is 6.05. The van der Waals surface area contributed by atoms with E-state index in [1.54, 1.807) is 0 Å². The molecule has 0 aliphatic carbocycles. The van der Waals surface area contributed by atoms with E-state index in [0.717, 1.165) is 44.5 Å². The molecule has 2 aromatic rings. The minimum Gasteiger partial charge on any atom is -0.252 e. The van der Waals surface area contributed by atoms with Crippen molar-refractivity contribution in [2.75, 3.05) is 0 Å². The van der Waals surface area contributed by atoms with Crippen molar-refractivity contribution >= 4 is 38.4 Å². The summed E-state index contributed by atoms with van der Waals surface area (Å²) in [5.41, 5.74) is 3.30. The molecular formula is C13H13BrClN. The third-order valence-electron chi connectivity index (χ3n) is 2.58. The number of benzene rings is 1. The molecule has 3 heteroatoms. The van der Waals surface area contributed by atoms with Crippen LogP contribution in [-0.2, 0) is 6.42 Å². The highest BCUT2D eigenvalue weighted by atomic mass is 79.9. The summed E-state index contributed by atoms with van der Waals surface area (Å²) in [6.07, 6.45) is 2.12. The lowest BCUT2D eigenvalue weighted by atomic mass is 10.1. The van der Waals surface area contributed by atoms with Crippen molar-refractivity contribution in [3.05, 3.63) is 39.0 Å². The largest absolute Gasteiger partial charge is 0.252 e. The maximum Gasteiger partial charge on any atom is 0.0746 e. The van der Waals surface area contributed by atoms with E-state index in [-0.39, 0.29) is 0 Å². The van der Waals surface area contributed by atoms with E-state index in [1.165, 1.54) is 0 Å². The average Bonchev–Trinajstić information content (AvgIpc) is 2.20. The second kappa shape index (κ2) is 4.72. The zero-order valence-corrected chi connectivity index (χ0v) is 11.7. The minimum absolute atomic E-state index is 0.760. The van der Waals surface area contributed by atoms with Crippen LogP contribution < -0.4 is 0 Å². The number of halogens is 2. The van der Waals surface area contributed by atoms with Crippen molar-refractivity contribution in [2.45, 2.75) is 26.7 Å². The van der Waals surface area contributed by atoms with Crippen LogP contribution >= 0.6 is 27.5 Å². The first-order valence-corrected chi connectivity index (χ1v) is 6.54. The summed E-state index contributed by atoms with van der Waals surface area (Å²) >= 11 is 9.64. The summed E-state index contributed by atoms with van der Waals surface area (Å²) in [6.45, 7) is 4.21. The van der Waals surface area contributed by atoms with Crippen LogP contribution in [0.15, 0.2) is 22.7 Å². The fourth-order valence-corrected chi connectivity index (χ4v) is 2.69. The average molecular weight is 299 g/mol. The van der Waals surface area contributed by atoms with Crippen molar-refractivity contribution in [2.24, 2.45) is 0 Å². The highest BCUT2D eigenvalue weighted by molar-refractivity contribution is 9.10. The van der Waals surface area contributed by atoms with Crippen molar-refractivity contribution in [1.82, 2.24) is 4.98 Å². The Balaban J connectivity index is 2.71. The molecule has 0 radical (unpaired) electrons. The number of hydrogen-bond acceptors (Lipinski definition) is 1. The predicted octanol–water partition coefficient (Wildman–Crippen LogP) is 4.91. The van der Waals surface area contributed by atoms with Crippen molar-refractivity contribution in [1.29, 1.82) is 0 Å². The molecule has 0 aliphatic rings. The van der Waals surface area contributed by atoms with Crippen molar-refractivity contribution < 1.29 is 0 Å². The highest BCUT2D eigenvalue weighted by Gasteiger charge is 2.07. The van der Waals surface area contributed by atoms with Crippen LogP contribution in [0.4, 0.5) is 0 Å². The molecule has 1 aromatic carbocycles. The molecule has 0 amide bonds. The van der Waals surface area contributed by atoms with Crippen molar-refractivity contribution in [3.8, 4) is 0 Å². The molecule has 0 spiro atoms. The van der Waals surface area contributed by atoms with Crippen LogP contribution in [0.25, 0.3) is 10.9 Å². The van der Waals surface area contributed by atoms with Gasteiger partial charge in [-0.1, -0.05) is 40.9 Å². The van der Waals surface area contributed by atoms with E-state index in [9.17, 15) is 0 Å². The Labute approximate surface area is 109 Å². The van der Waals surface area contributed by atoms with E-state index in [2.05, 4.69) is 33.9 Å². The number of aromatic nitrogens is 1. The number of pyridine rings is 1. The van der Waals surface area contributed by atoms with Crippen LogP contribution in [-0.4, -0.2) is 4.98 Å². The number of aryl methyl sites for hydroxylation is 2. The molecule has 0 N–H and O–H groups in total. The second-order valence-corrected chi connectivity index (χ2v) is 5.26. The van der Waals surface area contributed by atoms with Gasteiger partial charge in [-0.25, -0.2) is 0 Å². The van der Waals surface area contributed by atoms with Crippen LogP contribution in [0.1, 0.15) is 24.6 Å². The van der Waals surface area contributed by atoms with Gasteiger partial charge in [0.15, 0.2) is 0 Å². The molecule has 0 bridgehead atoms. The summed E-state index contributed by atoms with van der Waals surface area (Å²) in [5.74, 6) is 0. The predicted molar refractivity (Wildman–Crippen MR) is 73.2 cm³/mol. The summed E-state index contributed by atoms with van der Waals surface area (Å²) in [4.78, 5) is 4.68. The first kappa shape index (κ1) is 11.9. The smallest absolute Gasteiger partial charge is 0.0746 e. The van der Waals surface area contributed by atoms with Gasteiger partial charge >= 0.3 is 0 Å². The number of hydrogen-bond donors (Lipinski definition) is 0. The molecule has 1 aromatic heterocycles. The zero-order valence-electron chi connectivity index (χ0n) is 9.35. The molecule has 84 valence electrons. The molecule has 0 unspecified atom stereocenters. The Morgan fingerprint density at radius 1 is 1.31 bits per heavy atom. The normalized spacial score (nSPS) is 11.0. The van der Waals surface area contributed by atoms with Gasteiger partial charge in [-0.2, -0.15) is 0 Å². The molecule has 0 saturated carbocycles. The minimum atomic E-state index is 0.760. The lowest BCUT2D eigenvalue weighted by Crippen LogP contribution is -1.93.